The summed E-state index contributed by atoms with van der Waals surface area (Å²) >= 11 is 7.39. The lowest BCUT2D eigenvalue weighted by Gasteiger charge is -2.20. The molecule has 1 aliphatic heterocycles. The van der Waals surface area contributed by atoms with Crippen molar-refractivity contribution < 1.29 is 14.3 Å². The quantitative estimate of drug-likeness (QED) is 0.735. The molecule has 1 aliphatic rings. The zero-order valence-electron chi connectivity index (χ0n) is 13.4. The highest BCUT2D eigenvalue weighted by Gasteiger charge is 2.20. The molecular weight excluding hydrogens is 360 g/mol. The van der Waals surface area contributed by atoms with Crippen LogP contribution in [0.25, 0.3) is 10.2 Å². The molecule has 0 aliphatic carbocycles. The van der Waals surface area contributed by atoms with Gasteiger partial charge in [-0.25, -0.2) is 4.98 Å². The fourth-order valence-electron chi connectivity index (χ4n) is 2.65. The molecule has 1 unspecified atom stereocenters. The van der Waals surface area contributed by atoms with E-state index in [-0.39, 0.29) is 11.8 Å². The number of halogens is 1. The van der Waals surface area contributed by atoms with Crippen LogP contribution in [0.15, 0.2) is 36.4 Å². The fourth-order valence-corrected chi connectivity index (χ4v) is 3.79. The van der Waals surface area contributed by atoms with Crippen molar-refractivity contribution >= 4 is 44.2 Å². The minimum Gasteiger partial charge on any atom is -0.486 e. The van der Waals surface area contributed by atoms with Crippen molar-refractivity contribution in [1.29, 1.82) is 0 Å². The maximum Gasteiger partial charge on any atom is 0.233 e. The van der Waals surface area contributed by atoms with Gasteiger partial charge in [-0.15, -0.1) is 0 Å². The molecule has 0 spiro atoms. The van der Waals surface area contributed by atoms with Crippen LogP contribution < -0.4 is 14.8 Å². The second-order valence-corrected chi connectivity index (χ2v) is 7.21. The average molecular weight is 375 g/mol. The van der Waals surface area contributed by atoms with Gasteiger partial charge in [-0.05, 0) is 42.8 Å². The first-order valence-electron chi connectivity index (χ1n) is 7.86. The molecule has 0 saturated carbocycles. The summed E-state index contributed by atoms with van der Waals surface area (Å²) in [5.41, 5.74) is 1.68. The van der Waals surface area contributed by atoms with Crippen LogP contribution >= 0.6 is 22.9 Å². The Morgan fingerprint density at radius 3 is 2.84 bits per heavy atom. The summed E-state index contributed by atoms with van der Waals surface area (Å²) in [6.45, 7) is 2.92. The Balaban J connectivity index is 1.53. The van der Waals surface area contributed by atoms with E-state index in [1.54, 1.807) is 6.07 Å². The van der Waals surface area contributed by atoms with Crippen LogP contribution in [-0.4, -0.2) is 24.1 Å². The van der Waals surface area contributed by atoms with Crippen LogP contribution in [0.1, 0.15) is 18.4 Å². The minimum absolute atomic E-state index is 0.123. The second-order valence-electron chi connectivity index (χ2n) is 5.75. The summed E-state index contributed by atoms with van der Waals surface area (Å²) in [5.74, 6) is 0.928. The molecule has 0 fully saturated rings. The number of thiazole rings is 1. The molecule has 0 saturated heterocycles. The van der Waals surface area contributed by atoms with Gasteiger partial charge >= 0.3 is 0 Å². The maximum absolute atomic E-state index is 12.6. The average Bonchev–Trinajstić information content (AvgIpc) is 3.01. The summed E-state index contributed by atoms with van der Waals surface area (Å²) in [5, 5.41) is 4.10. The van der Waals surface area contributed by atoms with E-state index >= 15 is 0 Å². The second kappa shape index (κ2) is 6.54. The Morgan fingerprint density at radius 2 is 2.00 bits per heavy atom. The highest BCUT2D eigenvalue weighted by atomic mass is 35.5. The topological polar surface area (TPSA) is 60.5 Å². The third-order valence-corrected chi connectivity index (χ3v) is 5.21. The molecule has 7 heteroatoms. The van der Waals surface area contributed by atoms with Gasteiger partial charge in [0.25, 0.3) is 0 Å². The molecule has 0 bridgehead atoms. The van der Waals surface area contributed by atoms with Crippen molar-refractivity contribution in [2.75, 3.05) is 18.5 Å². The monoisotopic (exact) mass is 374 g/mol. The Hall–Kier alpha value is -2.31. The largest absolute Gasteiger partial charge is 0.486 e. The first kappa shape index (κ1) is 16.2. The van der Waals surface area contributed by atoms with Gasteiger partial charge in [0.1, 0.15) is 13.2 Å². The van der Waals surface area contributed by atoms with E-state index in [0.29, 0.717) is 34.9 Å². The lowest BCUT2D eigenvalue weighted by atomic mass is 10.00. The van der Waals surface area contributed by atoms with Gasteiger partial charge in [0, 0.05) is 5.02 Å². The van der Waals surface area contributed by atoms with Gasteiger partial charge in [0.2, 0.25) is 5.91 Å². The summed E-state index contributed by atoms with van der Waals surface area (Å²) in [7, 11) is 0. The van der Waals surface area contributed by atoms with Gasteiger partial charge in [0.05, 0.1) is 16.1 Å². The Bertz CT molecular complexity index is 957. The number of hydrogen-bond acceptors (Lipinski definition) is 5. The predicted octanol–water partition coefficient (Wildman–Crippen LogP) is 4.46. The SMILES string of the molecule is CC(C(=O)Nc1nc2ccc(Cl)cc2s1)c1ccc2c(c1)OCCO2. The molecule has 4 rings (SSSR count). The van der Waals surface area contributed by atoms with Crippen LogP contribution in [0.4, 0.5) is 5.13 Å². The van der Waals surface area contributed by atoms with Crippen LogP contribution in [0, 0.1) is 0 Å². The number of hydrogen-bond donors (Lipinski definition) is 1. The normalized spacial score (nSPS) is 14.3. The summed E-state index contributed by atoms with van der Waals surface area (Å²) in [4.78, 5) is 17.0. The first-order chi connectivity index (χ1) is 12.1. The number of ether oxygens (including phenoxy) is 2. The molecule has 2 heterocycles. The Labute approximate surface area is 153 Å². The Morgan fingerprint density at radius 1 is 1.20 bits per heavy atom. The molecule has 3 aromatic rings. The molecule has 128 valence electrons. The van der Waals surface area contributed by atoms with Crippen molar-refractivity contribution in [2.45, 2.75) is 12.8 Å². The van der Waals surface area contributed by atoms with E-state index < -0.39 is 0 Å². The number of fused-ring (bicyclic) bond motifs is 2. The number of carbonyl (C=O) groups excluding carboxylic acids is 1. The van der Waals surface area contributed by atoms with E-state index in [1.165, 1.54) is 11.3 Å². The number of aromatic nitrogens is 1. The van der Waals surface area contributed by atoms with E-state index in [2.05, 4.69) is 10.3 Å². The molecule has 25 heavy (non-hydrogen) atoms. The summed E-state index contributed by atoms with van der Waals surface area (Å²) in [6, 6.07) is 11.1. The zero-order valence-corrected chi connectivity index (χ0v) is 15.0. The number of nitrogens with one attached hydrogen (secondary N) is 1. The maximum atomic E-state index is 12.6. The van der Waals surface area contributed by atoms with Crippen molar-refractivity contribution in [3.8, 4) is 11.5 Å². The predicted molar refractivity (Wildman–Crippen MR) is 99.1 cm³/mol. The van der Waals surface area contributed by atoms with Crippen molar-refractivity contribution in [1.82, 2.24) is 4.98 Å². The van der Waals surface area contributed by atoms with E-state index in [0.717, 1.165) is 15.8 Å². The van der Waals surface area contributed by atoms with Gasteiger partial charge in [-0.3, -0.25) is 4.79 Å². The number of amides is 1. The smallest absolute Gasteiger partial charge is 0.233 e. The Kier molecular flexibility index (Phi) is 4.23. The summed E-state index contributed by atoms with van der Waals surface area (Å²) < 4.78 is 12.0. The van der Waals surface area contributed by atoms with Crippen LogP contribution in [0.5, 0.6) is 11.5 Å². The van der Waals surface area contributed by atoms with Crippen LogP contribution in [-0.2, 0) is 4.79 Å². The third kappa shape index (κ3) is 3.27. The van der Waals surface area contributed by atoms with Gasteiger partial charge in [-0.2, -0.15) is 0 Å². The van der Waals surface area contributed by atoms with E-state index in [4.69, 9.17) is 21.1 Å². The molecule has 1 N–H and O–H groups in total. The number of nitrogens with zero attached hydrogens (tertiary/aromatic N) is 1. The zero-order chi connectivity index (χ0) is 17.4. The lowest BCUT2D eigenvalue weighted by Crippen LogP contribution is -2.20. The summed E-state index contributed by atoms with van der Waals surface area (Å²) in [6.07, 6.45) is 0. The molecular formula is C18H15ClN2O3S. The standard InChI is InChI=1S/C18H15ClN2O3S/c1-10(11-2-5-14-15(8-11)24-7-6-23-14)17(22)21-18-20-13-4-3-12(19)9-16(13)25-18/h2-5,8-10H,6-7H2,1H3,(H,20,21,22). The minimum atomic E-state index is -0.341. The highest BCUT2D eigenvalue weighted by molar-refractivity contribution is 7.22. The molecule has 1 amide bonds. The van der Waals surface area contributed by atoms with Crippen molar-refractivity contribution in [3.05, 3.63) is 47.0 Å². The van der Waals surface area contributed by atoms with Crippen molar-refractivity contribution in [2.24, 2.45) is 0 Å². The van der Waals surface area contributed by atoms with E-state index in [9.17, 15) is 4.79 Å². The third-order valence-electron chi connectivity index (χ3n) is 4.04. The number of rotatable bonds is 3. The molecule has 1 atom stereocenters. The van der Waals surface area contributed by atoms with E-state index in [1.807, 2.05) is 37.3 Å². The highest BCUT2D eigenvalue weighted by Crippen LogP contribution is 2.34. The van der Waals surface area contributed by atoms with Gasteiger partial charge in [0.15, 0.2) is 16.6 Å². The molecule has 5 nitrogen and oxygen atoms in total. The molecule has 0 radical (unpaired) electrons. The number of carbonyl (C=O) groups is 1. The number of anilines is 1. The van der Waals surface area contributed by atoms with Gasteiger partial charge in [-0.1, -0.05) is 29.0 Å². The fraction of sp³-hybridized carbons (Fsp3) is 0.222. The van der Waals surface area contributed by atoms with Crippen LogP contribution in [0.2, 0.25) is 5.02 Å². The number of benzene rings is 2. The lowest BCUT2D eigenvalue weighted by molar-refractivity contribution is -0.117. The van der Waals surface area contributed by atoms with Gasteiger partial charge < -0.3 is 14.8 Å². The molecule has 1 aromatic heterocycles. The first-order valence-corrected chi connectivity index (χ1v) is 9.06. The molecule has 2 aromatic carbocycles. The van der Waals surface area contributed by atoms with Crippen molar-refractivity contribution in [3.63, 3.8) is 0 Å². The van der Waals surface area contributed by atoms with Crippen LogP contribution in [0.3, 0.4) is 0 Å².